The third-order valence-electron chi connectivity index (χ3n) is 1.68. The first kappa shape index (κ1) is 12.5. The summed E-state index contributed by atoms with van der Waals surface area (Å²) in [4.78, 5) is 0.996. The molecule has 0 aliphatic carbocycles. The molecule has 0 aliphatic rings. The van der Waals surface area contributed by atoms with Crippen LogP contribution in [0.3, 0.4) is 0 Å². The third kappa shape index (κ3) is 3.80. The summed E-state index contributed by atoms with van der Waals surface area (Å²) in [5.74, 6) is 0. The largest absolute Gasteiger partial charge is 0.426 e. The molecule has 0 bridgehead atoms. The van der Waals surface area contributed by atoms with E-state index in [4.69, 9.17) is 11.6 Å². The molecular weight excluding hydrogens is 245 g/mol. The van der Waals surface area contributed by atoms with E-state index in [0.29, 0.717) is 5.56 Å². The van der Waals surface area contributed by atoms with Gasteiger partial charge >= 0.3 is 6.18 Å². The van der Waals surface area contributed by atoms with Crippen molar-refractivity contribution in [3.63, 3.8) is 0 Å². The molecule has 0 heterocycles. The first-order chi connectivity index (χ1) is 6.93. The van der Waals surface area contributed by atoms with E-state index in [1.165, 1.54) is 11.8 Å². The number of halogens is 4. The molecule has 0 fully saturated rings. The van der Waals surface area contributed by atoms with E-state index >= 15 is 0 Å². The zero-order valence-electron chi connectivity index (χ0n) is 7.81. The van der Waals surface area contributed by atoms with Crippen LogP contribution in [0.25, 0.3) is 6.08 Å². The van der Waals surface area contributed by atoms with Crippen LogP contribution < -0.4 is 0 Å². The van der Waals surface area contributed by atoms with Gasteiger partial charge in [0.2, 0.25) is 0 Å². The maximum absolute atomic E-state index is 12.1. The summed E-state index contributed by atoms with van der Waals surface area (Å²) in [6.45, 7) is 0. The number of benzene rings is 1. The summed E-state index contributed by atoms with van der Waals surface area (Å²) >= 11 is 6.62. The summed E-state index contributed by atoms with van der Waals surface area (Å²) in [7, 11) is 0. The van der Waals surface area contributed by atoms with Crippen molar-refractivity contribution in [3.05, 3.63) is 34.9 Å². The fourth-order valence-corrected chi connectivity index (χ4v) is 1.46. The van der Waals surface area contributed by atoms with Crippen LogP contribution in [0.15, 0.2) is 34.2 Å². The van der Waals surface area contributed by atoms with Crippen LogP contribution in [0.2, 0.25) is 0 Å². The Morgan fingerprint density at radius 2 is 1.80 bits per heavy atom. The molecule has 0 radical (unpaired) electrons. The quantitative estimate of drug-likeness (QED) is 0.696. The Hall–Kier alpha value is -0.610. The molecule has 0 amide bonds. The highest BCUT2D eigenvalue weighted by molar-refractivity contribution is 7.98. The summed E-state index contributed by atoms with van der Waals surface area (Å²) in [5, 5.41) is -1.11. The van der Waals surface area contributed by atoms with E-state index < -0.39 is 11.2 Å². The standard InChI is InChI=1S/C10H8ClF3S/c1-15-8-4-2-7(3-5-8)6-9(11)10(12,13)14/h2-6H,1H3/b9-6-. The van der Waals surface area contributed by atoms with Crippen LogP contribution in [0.5, 0.6) is 0 Å². The van der Waals surface area contributed by atoms with Crippen LogP contribution in [-0.2, 0) is 0 Å². The summed E-state index contributed by atoms with van der Waals surface area (Å²) < 4.78 is 36.2. The maximum Gasteiger partial charge on any atom is 0.426 e. The number of hydrogen-bond acceptors (Lipinski definition) is 1. The Morgan fingerprint density at radius 1 is 1.27 bits per heavy atom. The first-order valence-electron chi connectivity index (χ1n) is 4.02. The monoisotopic (exact) mass is 252 g/mol. The lowest BCUT2D eigenvalue weighted by Crippen LogP contribution is -2.06. The van der Waals surface area contributed by atoms with Crippen molar-refractivity contribution in [3.8, 4) is 0 Å². The zero-order valence-corrected chi connectivity index (χ0v) is 9.38. The molecule has 0 saturated heterocycles. The average molecular weight is 253 g/mol. The van der Waals surface area contributed by atoms with Crippen LogP contribution in [0.4, 0.5) is 13.2 Å². The molecule has 5 heteroatoms. The third-order valence-corrected chi connectivity index (χ3v) is 2.75. The Morgan fingerprint density at radius 3 is 2.20 bits per heavy atom. The van der Waals surface area contributed by atoms with E-state index in [1.54, 1.807) is 24.3 Å². The van der Waals surface area contributed by atoms with E-state index in [9.17, 15) is 13.2 Å². The lowest BCUT2D eigenvalue weighted by atomic mass is 10.2. The molecular formula is C10H8ClF3S. The highest BCUT2D eigenvalue weighted by atomic mass is 35.5. The van der Waals surface area contributed by atoms with E-state index in [2.05, 4.69) is 0 Å². The number of alkyl halides is 3. The summed E-state index contributed by atoms with van der Waals surface area (Å²) in [5.41, 5.74) is 0.440. The minimum absolute atomic E-state index is 0.440. The smallest absolute Gasteiger partial charge is 0.165 e. The van der Waals surface area contributed by atoms with Crippen LogP contribution in [0.1, 0.15) is 5.56 Å². The van der Waals surface area contributed by atoms with Gasteiger partial charge in [-0.05, 0) is 30.0 Å². The van der Waals surface area contributed by atoms with Gasteiger partial charge in [-0.2, -0.15) is 13.2 Å². The van der Waals surface area contributed by atoms with Crippen LogP contribution >= 0.6 is 23.4 Å². The van der Waals surface area contributed by atoms with Gasteiger partial charge in [0.25, 0.3) is 0 Å². The SMILES string of the molecule is CSc1ccc(/C=C(\Cl)C(F)(F)F)cc1. The van der Waals surface area contributed by atoms with Crippen molar-refractivity contribution in [2.45, 2.75) is 11.1 Å². The van der Waals surface area contributed by atoms with Crippen molar-refractivity contribution in [2.24, 2.45) is 0 Å². The van der Waals surface area contributed by atoms with Crippen molar-refractivity contribution >= 4 is 29.4 Å². The Kier molecular flexibility index (Phi) is 4.11. The topological polar surface area (TPSA) is 0 Å². The molecule has 82 valence electrons. The van der Waals surface area contributed by atoms with Crippen LogP contribution in [-0.4, -0.2) is 12.4 Å². The second kappa shape index (κ2) is 4.94. The fraction of sp³-hybridized carbons (Fsp3) is 0.200. The van der Waals surface area contributed by atoms with Gasteiger partial charge in [0.15, 0.2) is 0 Å². The maximum atomic E-state index is 12.1. The highest BCUT2D eigenvalue weighted by Gasteiger charge is 2.32. The average Bonchev–Trinajstić information content (AvgIpc) is 2.17. The molecule has 0 atom stereocenters. The van der Waals surface area contributed by atoms with Crippen molar-refractivity contribution in [2.75, 3.05) is 6.26 Å². The van der Waals surface area contributed by atoms with Gasteiger partial charge in [0.05, 0.1) is 0 Å². The Labute approximate surface area is 95.1 Å². The van der Waals surface area contributed by atoms with Gasteiger partial charge in [0.1, 0.15) is 5.03 Å². The van der Waals surface area contributed by atoms with E-state index in [0.717, 1.165) is 11.0 Å². The Balaban J connectivity index is 2.89. The molecule has 15 heavy (non-hydrogen) atoms. The van der Waals surface area contributed by atoms with E-state index in [1.807, 2.05) is 6.26 Å². The van der Waals surface area contributed by atoms with Crippen molar-refractivity contribution in [1.82, 2.24) is 0 Å². The molecule has 1 aromatic carbocycles. The molecule has 0 saturated carbocycles. The first-order valence-corrected chi connectivity index (χ1v) is 5.62. The Bertz CT molecular complexity index is 354. The van der Waals surface area contributed by atoms with Crippen molar-refractivity contribution < 1.29 is 13.2 Å². The number of hydrogen-bond donors (Lipinski definition) is 0. The second-order valence-corrected chi connectivity index (χ2v) is 4.05. The van der Waals surface area contributed by atoms with Gasteiger partial charge in [-0.25, -0.2) is 0 Å². The number of rotatable bonds is 2. The molecule has 0 spiro atoms. The zero-order chi connectivity index (χ0) is 11.5. The van der Waals surface area contributed by atoms with Gasteiger partial charge in [-0.1, -0.05) is 23.7 Å². The van der Waals surface area contributed by atoms with E-state index in [-0.39, 0.29) is 0 Å². The highest BCUT2D eigenvalue weighted by Crippen LogP contribution is 2.30. The minimum atomic E-state index is -4.47. The van der Waals surface area contributed by atoms with Crippen molar-refractivity contribution in [1.29, 1.82) is 0 Å². The number of allylic oxidation sites excluding steroid dienone is 1. The summed E-state index contributed by atoms with van der Waals surface area (Å²) in [6.07, 6.45) is -1.67. The molecule has 0 nitrogen and oxygen atoms in total. The predicted octanol–water partition coefficient (Wildman–Crippen LogP) is 4.55. The van der Waals surface area contributed by atoms with Gasteiger partial charge in [0, 0.05) is 4.90 Å². The van der Waals surface area contributed by atoms with Gasteiger partial charge < -0.3 is 0 Å². The molecule has 1 aromatic rings. The molecule has 0 aromatic heterocycles. The minimum Gasteiger partial charge on any atom is -0.165 e. The molecule has 0 aliphatic heterocycles. The van der Waals surface area contributed by atoms with Gasteiger partial charge in [-0.3, -0.25) is 0 Å². The predicted molar refractivity (Wildman–Crippen MR) is 58.1 cm³/mol. The van der Waals surface area contributed by atoms with Gasteiger partial charge in [-0.15, -0.1) is 11.8 Å². The molecule has 0 unspecified atom stereocenters. The normalized spacial score (nSPS) is 13.0. The lowest BCUT2D eigenvalue weighted by Gasteiger charge is -2.04. The molecule has 1 rings (SSSR count). The van der Waals surface area contributed by atoms with Crippen LogP contribution in [0, 0.1) is 0 Å². The lowest BCUT2D eigenvalue weighted by molar-refractivity contribution is -0.0836. The molecule has 0 N–H and O–H groups in total. The summed E-state index contributed by atoms with van der Waals surface area (Å²) in [6, 6.07) is 6.69. The number of thioether (sulfide) groups is 1. The fourth-order valence-electron chi connectivity index (χ4n) is 0.928. The second-order valence-electron chi connectivity index (χ2n) is 2.76.